The number of hydrogen-bond donors (Lipinski definition) is 0. The zero-order chi connectivity index (χ0) is 22.0. The van der Waals surface area contributed by atoms with Gasteiger partial charge in [-0.2, -0.15) is 8.78 Å². The minimum absolute atomic E-state index is 0.0292. The van der Waals surface area contributed by atoms with E-state index in [2.05, 4.69) is 0 Å². The van der Waals surface area contributed by atoms with Crippen molar-refractivity contribution < 1.29 is 27.9 Å². The van der Waals surface area contributed by atoms with Crippen molar-refractivity contribution in [3.8, 4) is 0 Å². The first-order valence-corrected chi connectivity index (χ1v) is 10.5. The van der Waals surface area contributed by atoms with Crippen LogP contribution in [-0.4, -0.2) is 41.8 Å². The fourth-order valence-electron chi connectivity index (χ4n) is 3.48. The molecule has 1 aliphatic rings. The summed E-state index contributed by atoms with van der Waals surface area (Å²) < 4.78 is 33.5. The summed E-state index contributed by atoms with van der Waals surface area (Å²) in [4.78, 5) is 37.1. The molecule has 1 saturated heterocycles. The van der Waals surface area contributed by atoms with E-state index in [4.69, 9.17) is 4.74 Å². The van der Waals surface area contributed by atoms with Gasteiger partial charge in [-0.3, -0.25) is 14.4 Å². The molecule has 0 saturated carbocycles. The van der Waals surface area contributed by atoms with E-state index in [0.717, 1.165) is 31.8 Å². The average molecular weight is 421 g/mol. The molecule has 5 nitrogen and oxygen atoms in total. The monoisotopic (exact) mass is 421 g/mol. The second-order valence-electron chi connectivity index (χ2n) is 7.33. The summed E-state index contributed by atoms with van der Waals surface area (Å²) >= 11 is 0. The van der Waals surface area contributed by atoms with Crippen LogP contribution in [0.3, 0.4) is 0 Å². The molecule has 7 heteroatoms. The number of rotatable bonds is 12. The lowest BCUT2D eigenvalue weighted by Gasteiger charge is -2.22. The van der Waals surface area contributed by atoms with E-state index < -0.39 is 11.7 Å². The third-order valence-electron chi connectivity index (χ3n) is 5.13. The van der Waals surface area contributed by atoms with E-state index in [1.165, 1.54) is 30.3 Å². The highest BCUT2D eigenvalue weighted by Crippen LogP contribution is 2.30. The molecule has 0 bridgehead atoms. The van der Waals surface area contributed by atoms with Crippen LogP contribution >= 0.6 is 0 Å². The van der Waals surface area contributed by atoms with E-state index in [0.29, 0.717) is 32.4 Å². The minimum Gasteiger partial charge on any atom is -0.466 e. The van der Waals surface area contributed by atoms with Gasteiger partial charge in [0.05, 0.1) is 12.6 Å². The first-order chi connectivity index (χ1) is 14.4. The summed E-state index contributed by atoms with van der Waals surface area (Å²) in [6, 6.07) is 6.64. The molecular weight excluding hydrogens is 392 g/mol. The summed E-state index contributed by atoms with van der Waals surface area (Å²) in [5.41, 5.74) is -0.346. The van der Waals surface area contributed by atoms with Crippen molar-refractivity contribution in [1.29, 1.82) is 0 Å². The van der Waals surface area contributed by atoms with Crippen molar-refractivity contribution in [2.24, 2.45) is 0 Å². The van der Waals surface area contributed by atoms with Crippen LogP contribution < -0.4 is 0 Å². The molecule has 0 aromatic heterocycles. The van der Waals surface area contributed by atoms with Gasteiger partial charge in [-0.25, -0.2) is 0 Å². The number of benzene rings is 1. The van der Waals surface area contributed by atoms with Gasteiger partial charge in [0.2, 0.25) is 11.7 Å². The van der Waals surface area contributed by atoms with Gasteiger partial charge in [-0.1, -0.05) is 49.2 Å². The minimum atomic E-state index is -3.59. The summed E-state index contributed by atoms with van der Waals surface area (Å²) in [7, 11) is 0. The number of esters is 1. The van der Waals surface area contributed by atoms with Gasteiger partial charge in [0.1, 0.15) is 0 Å². The SMILES string of the molecule is CCOC(=O)CCCCCCN1C(=O)CC[C@@H]1/C=C/C(=O)C(F)(F)c1ccccc1. The molecule has 1 amide bonds. The Bertz CT molecular complexity index is 749. The van der Waals surface area contributed by atoms with Gasteiger partial charge >= 0.3 is 11.9 Å². The molecule has 1 fully saturated rings. The fourth-order valence-corrected chi connectivity index (χ4v) is 3.48. The molecule has 1 aromatic rings. The van der Waals surface area contributed by atoms with Crippen molar-refractivity contribution >= 4 is 17.7 Å². The third-order valence-corrected chi connectivity index (χ3v) is 5.13. The number of unbranched alkanes of at least 4 members (excludes halogenated alkanes) is 3. The fraction of sp³-hybridized carbons (Fsp3) is 0.522. The number of ether oxygens (including phenoxy) is 1. The predicted octanol–water partition coefficient (Wildman–Crippen LogP) is 4.41. The summed E-state index contributed by atoms with van der Waals surface area (Å²) in [5, 5.41) is 0. The van der Waals surface area contributed by atoms with Crippen molar-refractivity contribution in [2.75, 3.05) is 13.2 Å². The van der Waals surface area contributed by atoms with Gasteiger partial charge in [-0.15, -0.1) is 0 Å². The average Bonchev–Trinajstić information content (AvgIpc) is 3.09. The first kappa shape index (κ1) is 23.7. The Morgan fingerprint density at radius 3 is 2.57 bits per heavy atom. The lowest BCUT2D eigenvalue weighted by atomic mass is 10.0. The highest BCUT2D eigenvalue weighted by atomic mass is 19.3. The summed E-state index contributed by atoms with van der Waals surface area (Å²) in [6.45, 7) is 2.66. The molecule has 0 N–H and O–H groups in total. The van der Waals surface area contributed by atoms with Gasteiger partial charge in [-0.05, 0) is 32.3 Å². The molecule has 0 spiro atoms. The van der Waals surface area contributed by atoms with Crippen LogP contribution in [0.5, 0.6) is 0 Å². The number of alkyl halides is 2. The molecule has 1 heterocycles. The molecule has 30 heavy (non-hydrogen) atoms. The van der Waals surface area contributed by atoms with Crippen LogP contribution in [0.15, 0.2) is 42.5 Å². The predicted molar refractivity (Wildman–Crippen MR) is 109 cm³/mol. The standard InChI is InChI=1S/C23H29F2NO4/c1-2-30-22(29)12-8-3-4-9-17-26-19(14-16-21(26)28)13-15-20(27)23(24,25)18-10-6-5-7-11-18/h5-7,10-11,13,15,19H,2-4,8-9,12,14,16-17H2,1H3/b15-13+/t19-/m0/s1. The second kappa shape index (κ2) is 11.6. The zero-order valence-corrected chi connectivity index (χ0v) is 17.3. The number of hydrogen-bond acceptors (Lipinski definition) is 4. The van der Waals surface area contributed by atoms with Crippen molar-refractivity contribution in [2.45, 2.75) is 63.8 Å². The van der Waals surface area contributed by atoms with E-state index >= 15 is 0 Å². The van der Waals surface area contributed by atoms with Gasteiger partial charge in [0.25, 0.3) is 0 Å². The number of amides is 1. The van der Waals surface area contributed by atoms with E-state index in [1.807, 2.05) is 0 Å². The van der Waals surface area contributed by atoms with Crippen molar-refractivity contribution in [3.63, 3.8) is 0 Å². The molecule has 1 atom stereocenters. The second-order valence-corrected chi connectivity index (χ2v) is 7.33. The summed E-state index contributed by atoms with van der Waals surface area (Å²) in [6.07, 6.45) is 6.77. The Morgan fingerprint density at radius 1 is 1.17 bits per heavy atom. The van der Waals surface area contributed by atoms with Crippen LogP contribution in [0.4, 0.5) is 8.78 Å². The van der Waals surface area contributed by atoms with Gasteiger partial charge in [0.15, 0.2) is 0 Å². The Balaban J connectivity index is 1.81. The number of nitrogens with zero attached hydrogens (tertiary/aromatic N) is 1. The number of carbonyl (C=O) groups is 3. The molecule has 0 aliphatic carbocycles. The third kappa shape index (κ3) is 6.75. The lowest BCUT2D eigenvalue weighted by Crippen LogP contribution is -2.33. The van der Waals surface area contributed by atoms with Crippen molar-refractivity contribution in [1.82, 2.24) is 4.90 Å². The zero-order valence-electron chi connectivity index (χ0n) is 17.3. The highest BCUT2D eigenvalue weighted by Gasteiger charge is 2.39. The molecule has 164 valence electrons. The maximum atomic E-state index is 14.3. The Labute approximate surface area is 176 Å². The maximum Gasteiger partial charge on any atom is 0.334 e. The van der Waals surface area contributed by atoms with Crippen LogP contribution in [0.1, 0.15) is 57.4 Å². The van der Waals surface area contributed by atoms with Crippen LogP contribution in [0.25, 0.3) is 0 Å². The molecule has 0 radical (unpaired) electrons. The van der Waals surface area contributed by atoms with Gasteiger partial charge < -0.3 is 9.64 Å². The van der Waals surface area contributed by atoms with E-state index in [9.17, 15) is 23.2 Å². The molecule has 1 aliphatic heterocycles. The topological polar surface area (TPSA) is 63.7 Å². The van der Waals surface area contributed by atoms with Crippen LogP contribution in [-0.2, 0) is 25.0 Å². The quantitative estimate of drug-likeness (QED) is 0.285. The molecule has 0 unspecified atom stereocenters. The molecule has 2 rings (SSSR count). The van der Waals surface area contributed by atoms with Crippen LogP contribution in [0.2, 0.25) is 0 Å². The van der Waals surface area contributed by atoms with Crippen LogP contribution in [0, 0.1) is 0 Å². The Hall–Kier alpha value is -2.57. The number of carbonyl (C=O) groups excluding carboxylic acids is 3. The van der Waals surface area contributed by atoms with E-state index in [-0.39, 0.29) is 23.5 Å². The molecular formula is C23H29F2NO4. The summed E-state index contributed by atoms with van der Waals surface area (Å²) in [5.74, 6) is -5.11. The first-order valence-electron chi connectivity index (χ1n) is 10.5. The lowest BCUT2D eigenvalue weighted by molar-refractivity contribution is -0.143. The largest absolute Gasteiger partial charge is 0.466 e. The normalized spacial score (nSPS) is 17.0. The highest BCUT2D eigenvalue weighted by molar-refractivity contribution is 5.96. The van der Waals surface area contributed by atoms with Gasteiger partial charge in [0, 0.05) is 24.9 Å². The number of allylic oxidation sites excluding steroid dienone is 1. The maximum absolute atomic E-state index is 14.3. The van der Waals surface area contributed by atoms with Crippen molar-refractivity contribution in [3.05, 3.63) is 48.0 Å². The Morgan fingerprint density at radius 2 is 1.87 bits per heavy atom. The number of likely N-dealkylation sites (tertiary alicyclic amines) is 1. The van der Waals surface area contributed by atoms with E-state index in [1.54, 1.807) is 17.9 Å². The molecule has 1 aromatic carbocycles. The smallest absolute Gasteiger partial charge is 0.334 e. The number of ketones is 1. The number of halogens is 2. The Kier molecular flexibility index (Phi) is 9.15.